The van der Waals surface area contributed by atoms with Crippen molar-refractivity contribution >= 4 is 11.0 Å². The van der Waals surface area contributed by atoms with E-state index < -0.39 is 0 Å². The first kappa shape index (κ1) is 19.0. The van der Waals surface area contributed by atoms with Gasteiger partial charge < -0.3 is 4.98 Å². The summed E-state index contributed by atoms with van der Waals surface area (Å²) in [6.45, 7) is 5.64. The van der Waals surface area contributed by atoms with Gasteiger partial charge in [0.15, 0.2) is 0 Å². The van der Waals surface area contributed by atoms with E-state index in [9.17, 15) is 9.59 Å². The molecule has 0 fully saturated rings. The minimum atomic E-state index is -0.262. The molecule has 29 heavy (non-hydrogen) atoms. The van der Waals surface area contributed by atoms with Crippen LogP contribution in [0.15, 0.2) is 58.4 Å². The molecule has 4 aromatic rings. The van der Waals surface area contributed by atoms with E-state index in [2.05, 4.69) is 22.2 Å². The van der Waals surface area contributed by atoms with Crippen LogP contribution in [0.3, 0.4) is 0 Å². The molecule has 0 spiro atoms. The second-order valence-electron chi connectivity index (χ2n) is 7.25. The Bertz CT molecular complexity index is 1240. The molecule has 150 valence electrons. The van der Waals surface area contributed by atoms with Crippen LogP contribution in [0.2, 0.25) is 0 Å². The maximum absolute atomic E-state index is 12.9. The van der Waals surface area contributed by atoms with Gasteiger partial charge in [-0.25, -0.2) is 4.79 Å². The summed E-state index contributed by atoms with van der Waals surface area (Å²) in [5.41, 5.74) is 3.46. The van der Waals surface area contributed by atoms with Gasteiger partial charge in [0.25, 0.3) is 5.56 Å². The molecular formula is C22H25N5O2. The van der Waals surface area contributed by atoms with Crippen molar-refractivity contribution in [1.82, 2.24) is 23.9 Å². The molecule has 4 rings (SSSR count). The lowest BCUT2D eigenvalue weighted by atomic mass is 10.2. The van der Waals surface area contributed by atoms with Gasteiger partial charge in [0.1, 0.15) is 5.52 Å². The minimum Gasteiger partial charge on any atom is -0.349 e. The predicted octanol–water partition coefficient (Wildman–Crippen LogP) is 3.22. The third-order valence-corrected chi connectivity index (χ3v) is 5.03. The lowest BCUT2D eigenvalue weighted by molar-refractivity contribution is 0.558. The molecule has 0 aliphatic heterocycles. The van der Waals surface area contributed by atoms with Crippen molar-refractivity contribution in [3.63, 3.8) is 0 Å². The highest BCUT2D eigenvalue weighted by Crippen LogP contribution is 2.22. The molecule has 0 aliphatic carbocycles. The maximum atomic E-state index is 12.9. The average Bonchev–Trinajstić information content (AvgIpc) is 3.37. The standard InChI is InChI=1S/C22H25N5O2/c1-3-10-26-19-12-18(24-20(19)21(28)27(11-4-2)22(26)29)17-13-23-25(15-17)14-16-8-6-5-7-9-16/h5-9,12-13,15,24H,3-4,10-11,14H2,1-2H3. The van der Waals surface area contributed by atoms with Gasteiger partial charge in [-0.2, -0.15) is 5.10 Å². The third kappa shape index (κ3) is 3.55. The fourth-order valence-corrected chi connectivity index (χ4v) is 3.67. The summed E-state index contributed by atoms with van der Waals surface area (Å²) in [7, 11) is 0. The maximum Gasteiger partial charge on any atom is 0.331 e. The van der Waals surface area contributed by atoms with E-state index in [4.69, 9.17) is 0 Å². The number of fused-ring (bicyclic) bond motifs is 1. The van der Waals surface area contributed by atoms with Gasteiger partial charge in [-0.3, -0.25) is 18.6 Å². The van der Waals surface area contributed by atoms with Crippen LogP contribution in [0.5, 0.6) is 0 Å². The molecule has 0 saturated carbocycles. The van der Waals surface area contributed by atoms with Crippen molar-refractivity contribution in [2.75, 3.05) is 0 Å². The van der Waals surface area contributed by atoms with Crippen molar-refractivity contribution in [2.24, 2.45) is 0 Å². The zero-order valence-electron chi connectivity index (χ0n) is 16.8. The van der Waals surface area contributed by atoms with Crippen LogP contribution < -0.4 is 11.2 Å². The number of aromatic nitrogens is 5. The first-order valence-corrected chi connectivity index (χ1v) is 10.1. The Kier molecular flexibility index (Phi) is 5.20. The number of nitrogens with zero attached hydrogens (tertiary/aromatic N) is 4. The quantitative estimate of drug-likeness (QED) is 0.525. The Balaban J connectivity index is 1.78. The van der Waals surface area contributed by atoms with Gasteiger partial charge >= 0.3 is 5.69 Å². The van der Waals surface area contributed by atoms with Crippen LogP contribution in [-0.4, -0.2) is 23.9 Å². The summed E-state index contributed by atoms with van der Waals surface area (Å²) in [5.74, 6) is 0. The highest BCUT2D eigenvalue weighted by molar-refractivity contribution is 5.82. The van der Waals surface area contributed by atoms with Gasteiger partial charge in [-0.05, 0) is 24.5 Å². The molecule has 0 atom stereocenters. The Morgan fingerprint density at radius 2 is 1.72 bits per heavy atom. The second kappa shape index (κ2) is 7.95. The Labute approximate surface area is 168 Å². The molecule has 0 amide bonds. The zero-order chi connectivity index (χ0) is 20.4. The summed E-state index contributed by atoms with van der Waals surface area (Å²) >= 11 is 0. The second-order valence-corrected chi connectivity index (χ2v) is 7.25. The van der Waals surface area contributed by atoms with E-state index in [1.54, 1.807) is 10.8 Å². The van der Waals surface area contributed by atoms with Crippen LogP contribution >= 0.6 is 0 Å². The summed E-state index contributed by atoms with van der Waals surface area (Å²) < 4.78 is 4.89. The number of aromatic amines is 1. The van der Waals surface area contributed by atoms with Crippen molar-refractivity contribution in [3.05, 3.63) is 75.2 Å². The van der Waals surface area contributed by atoms with Crippen molar-refractivity contribution < 1.29 is 0 Å². The topological polar surface area (TPSA) is 77.6 Å². The molecule has 3 aromatic heterocycles. The Hall–Kier alpha value is -3.35. The van der Waals surface area contributed by atoms with Gasteiger partial charge in [0, 0.05) is 24.8 Å². The molecule has 0 radical (unpaired) electrons. The molecular weight excluding hydrogens is 366 g/mol. The number of nitrogens with one attached hydrogen (secondary N) is 1. The number of H-pyrrole nitrogens is 1. The van der Waals surface area contributed by atoms with Crippen LogP contribution in [-0.2, 0) is 19.6 Å². The van der Waals surface area contributed by atoms with E-state index >= 15 is 0 Å². The Morgan fingerprint density at radius 1 is 1.00 bits per heavy atom. The van der Waals surface area contributed by atoms with Crippen molar-refractivity contribution in [3.8, 4) is 11.3 Å². The minimum absolute atomic E-state index is 0.239. The highest BCUT2D eigenvalue weighted by atomic mass is 16.2. The van der Waals surface area contributed by atoms with Gasteiger partial charge in [0.2, 0.25) is 0 Å². The number of hydrogen-bond donors (Lipinski definition) is 1. The lowest BCUT2D eigenvalue weighted by Gasteiger charge is -2.10. The molecule has 0 unspecified atom stereocenters. The van der Waals surface area contributed by atoms with Crippen molar-refractivity contribution in [2.45, 2.75) is 46.3 Å². The smallest absolute Gasteiger partial charge is 0.331 e. The van der Waals surface area contributed by atoms with E-state index in [-0.39, 0.29) is 11.2 Å². The molecule has 7 heteroatoms. The first-order valence-electron chi connectivity index (χ1n) is 10.1. The summed E-state index contributed by atoms with van der Waals surface area (Å²) in [6.07, 6.45) is 5.27. The van der Waals surface area contributed by atoms with Crippen LogP contribution in [0, 0.1) is 0 Å². The van der Waals surface area contributed by atoms with Gasteiger partial charge in [0.05, 0.1) is 24.0 Å². The normalized spacial score (nSPS) is 11.4. The Morgan fingerprint density at radius 3 is 2.45 bits per heavy atom. The third-order valence-electron chi connectivity index (χ3n) is 5.03. The van der Waals surface area contributed by atoms with Crippen molar-refractivity contribution in [1.29, 1.82) is 0 Å². The fourth-order valence-electron chi connectivity index (χ4n) is 3.67. The molecule has 0 aliphatic rings. The first-order chi connectivity index (χ1) is 14.1. The highest BCUT2D eigenvalue weighted by Gasteiger charge is 2.16. The van der Waals surface area contributed by atoms with Crippen LogP contribution in [0.4, 0.5) is 0 Å². The van der Waals surface area contributed by atoms with Gasteiger partial charge in [-0.1, -0.05) is 44.2 Å². The van der Waals surface area contributed by atoms with E-state index in [1.807, 2.05) is 49.0 Å². The predicted molar refractivity (Wildman–Crippen MR) is 114 cm³/mol. The lowest BCUT2D eigenvalue weighted by Crippen LogP contribution is -2.39. The number of hydrogen-bond acceptors (Lipinski definition) is 3. The number of rotatable bonds is 7. The summed E-state index contributed by atoms with van der Waals surface area (Å²) in [5, 5.41) is 4.45. The summed E-state index contributed by atoms with van der Waals surface area (Å²) in [6, 6.07) is 12.0. The molecule has 1 aromatic carbocycles. The van der Waals surface area contributed by atoms with E-state index in [1.165, 1.54) is 4.57 Å². The molecule has 1 N–H and O–H groups in total. The molecule has 0 saturated heterocycles. The molecule has 0 bridgehead atoms. The van der Waals surface area contributed by atoms with Crippen LogP contribution in [0.1, 0.15) is 32.3 Å². The van der Waals surface area contributed by atoms with Gasteiger partial charge in [-0.15, -0.1) is 0 Å². The van der Waals surface area contributed by atoms with E-state index in [0.717, 1.165) is 29.7 Å². The fraction of sp³-hybridized carbons (Fsp3) is 0.318. The number of aryl methyl sites for hydroxylation is 1. The zero-order valence-corrected chi connectivity index (χ0v) is 16.8. The number of benzene rings is 1. The average molecular weight is 391 g/mol. The summed E-state index contributed by atoms with van der Waals surface area (Å²) in [4.78, 5) is 29.0. The molecule has 3 heterocycles. The largest absolute Gasteiger partial charge is 0.349 e. The monoisotopic (exact) mass is 391 g/mol. The molecule has 7 nitrogen and oxygen atoms in total. The van der Waals surface area contributed by atoms with E-state index in [0.29, 0.717) is 30.7 Å². The van der Waals surface area contributed by atoms with Crippen LogP contribution in [0.25, 0.3) is 22.3 Å². The SMILES string of the molecule is CCCn1c(=O)c2[nH]c(-c3cnn(Cc4ccccc4)c3)cc2n(CCC)c1=O.